The van der Waals surface area contributed by atoms with Gasteiger partial charge in [-0.3, -0.25) is 4.79 Å². The molecule has 0 aliphatic heterocycles. The van der Waals surface area contributed by atoms with E-state index in [9.17, 15) is 4.79 Å². The maximum Gasteiger partial charge on any atom is 0.302 e. The lowest BCUT2D eigenvalue weighted by Crippen LogP contribution is -1.94. The molecule has 4 nitrogen and oxygen atoms in total. The van der Waals surface area contributed by atoms with Crippen molar-refractivity contribution in [1.29, 1.82) is 0 Å². The molecule has 0 amide bonds. The number of nitrogens with one attached hydrogen (secondary N) is 1. The summed E-state index contributed by atoms with van der Waals surface area (Å²) in [5.41, 5.74) is 4.05. The Morgan fingerprint density at radius 1 is 0.765 bits per heavy atom. The number of para-hydroxylation sites is 2. The number of halogens is 2. The molecular formula is C28H25Cl2NO3. The maximum absolute atomic E-state index is 9.59. The summed E-state index contributed by atoms with van der Waals surface area (Å²) in [5.74, 6) is 1.42. The van der Waals surface area contributed by atoms with E-state index in [-0.39, 0.29) is 5.97 Å². The largest absolute Gasteiger partial charge is 0.469 e. The third-order valence-electron chi connectivity index (χ3n) is 4.76. The first-order valence-corrected chi connectivity index (χ1v) is 11.4. The summed E-state index contributed by atoms with van der Waals surface area (Å²) in [6.45, 7) is 1.36. The molecule has 0 fully saturated rings. The van der Waals surface area contributed by atoms with Crippen molar-refractivity contribution in [2.24, 2.45) is 0 Å². The van der Waals surface area contributed by atoms with Gasteiger partial charge in [-0.1, -0.05) is 71.7 Å². The number of hydrogen-bond acceptors (Lipinski definition) is 4. The number of ether oxygens (including phenoxy) is 2. The number of carbonyl (C=O) groups is 1. The highest BCUT2D eigenvalue weighted by Crippen LogP contribution is 2.32. The van der Waals surface area contributed by atoms with E-state index in [4.69, 9.17) is 27.9 Å². The lowest BCUT2D eigenvalue weighted by molar-refractivity contribution is -0.137. The van der Waals surface area contributed by atoms with Crippen LogP contribution in [0.5, 0.6) is 11.5 Å². The minimum atomic E-state index is -0.245. The summed E-state index contributed by atoms with van der Waals surface area (Å²) >= 11 is 12.5. The van der Waals surface area contributed by atoms with E-state index in [0.717, 1.165) is 23.6 Å². The molecule has 0 radical (unpaired) electrons. The van der Waals surface area contributed by atoms with Crippen LogP contribution in [0.25, 0.3) is 0 Å². The predicted octanol–water partition coefficient (Wildman–Crippen LogP) is 8.30. The summed E-state index contributed by atoms with van der Waals surface area (Å²) in [6, 6.07) is 31.7. The van der Waals surface area contributed by atoms with Gasteiger partial charge >= 0.3 is 5.97 Å². The van der Waals surface area contributed by atoms with Crippen LogP contribution in [0.4, 0.5) is 11.4 Å². The fourth-order valence-corrected chi connectivity index (χ4v) is 3.54. The van der Waals surface area contributed by atoms with Crippen molar-refractivity contribution in [2.45, 2.75) is 13.3 Å². The highest BCUT2D eigenvalue weighted by molar-refractivity contribution is 6.39. The molecule has 4 aromatic carbocycles. The van der Waals surface area contributed by atoms with Gasteiger partial charge in [0.15, 0.2) is 0 Å². The molecule has 4 aromatic rings. The number of carbonyl (C=O) groups excluding carboxylic acids is 1. The van der Waals surface area contributed by atoms with Crippen LogP contribution in [0.2, 0.25) is 10.0 Å². The number of rotatable bonds is 6. The third kappa shape index (κ3) is 7.84. The van der Waals surface area contributed by atoms with Gasteiger partial charge in [0.2, 0.25) is 0 Å². The Bertz CT molecular complexity index is 1190. The maximum atomic E-state index is 9.59. The first-order chi connectivity index (χ1) is 16.4. The number of benzene rings is 4. The SMILES string of the molecule is COC(C)=O.Clc1cccc(Cl)c1Nc1ccc(Cc2cccc(Oc3ccccc3)c2)cc1. The minimum absolute atomic E-state index is 0.245. The van der Waals surface area contributed by atoms with Crippen molar-refractivity contribution in [3.8, 4) is 11.5 Å². The number of methoxy groups -OCH3 is 1. The molecule has 0 spiro atoms. The molecule has 34 heavy (non-hydrogen) atoms. The Morgan fingerprint density at radius 3 is 1.97 bits per heavy atom. The molecule has 0 bridgehead atoms. The summed E-state index contributed by atoms with van der Waals surface area (Å²) in [6.07, 6.45) is 0.819. The van der Waals surface area contributed by atoms with Gasteiger partial charge < -0.3 is 14.8 Å². The number of anilines is 2. The molecule has 0 unspecified atom stereocenters. The van der Waals surface area contributed by atoms with Gasteiger partial charge in [0.05, 0.1) is 22.8 Å². The van der Waals surface area contributed by atoms with E-state index < -0.39 is 0 Å². The second kappa shape index (κ2) is 12.7. The normalized spacial score (nSPS) is 10.0. The summed E-state index contributed by atoms with van der Waals surface area (Å²) in [7, 11) is 1.35. The molecule has 0 saturated heterocycles. The molecule has 6 heteroatoms. The molecule has 0 aliphatic rings. The molecule has 0 saturated carbocycles. The molecule has 4 rings (SSSR count). The zero-order valence-corrected chi connectivity index (χ0v) is 20.4. The van der Waals surface area contributed by atoms with E-state index in [1.165, 1.54) is 25.2 Å². The number of esters is 1. The molecule has 0 heterocycles. The Hall–Kier alpha value is -3.47. The van der Waals surface area contributed by atoms with Gasteiger partial charge in [-0.15, -0.1) is 0 Å². The lowest BCUT2D eigenvalue weighted by Gasteiger charge is -2.11. The molecular weight excluding hydrogens is 469 g/mol. The van der Waals surface area contributed by atoms with Crippen molar-refractivity contribution in [3.05, 3.63) is 118 Å². The predicted molar refractivity (Wildman–Crippen MR) is 140 cm³/mol. The first-order valence-electron chi connectivity index (χ1n) is 10.6. The monoisotopic (exact) mass is 493 g/mol. The van der Waals surface area contributed by atoms with E-state index in [1.807, 2.05) is 72.8 Å². The van der Waals surface area contributed by atoms with Crippen molar-refractivity contribution < 1.29 is 14.3 Å². The van der Waals surface area contributed by atoms with Gasteiger partial charge in [-0.2, -0.15) is 0 Å². The van der Waals surface area contributed by atoms with Crippen LogP contribution in [0.15, 0.2) is 97.1 Å². The van der Waals surface area contributed by atoms with Crippen LogP contribution >= 0.6 is 23.2 Å². The summed E-state index contributed by atoms with van der Waals surface area (Å²) in [5, 5.41) is 4.47. The Balaban J connectivity index is 0.000000588. The van der Waals surface area contributed by atoms with Crippen LogP contribution in [-0.2, 0) is 16.0 Å². The second-order valence-corrected chi connectivity index (χ2v) is 8.17. The molecule has 0 aromatic heterocycles. The molecule has 0 atom stereocenters. The summed E-state index contributed by atoms with van der Waals surface area (Å²) in [4.78, 5) is 9.59. The van der Waals surface area contributed by atoms with Gasteiger partial charge in [0.25, 0.3) is 0 Å². The van der Waals surface area contributed by atoms with E-state index in [0.29, 0.717) is 15.7 Å². The quantitative estimate of drug-likeness (QED) is 0.274. The highest BCUT2D eigenvalue weighted by atomic mass is 35.5. The topological polar surface area (TPSA) is 47.6 Å². The zero-order chi connectivity index (χ0) is 24.3. The van der Waals surface area contributed by atoms with E-state index >= 15 is 0 Å². The van der Waals surface area contributed by atoms with Crippen LogP contribution in [0.3, 0.4) is 0 Å². The highest BCUT2D eigenvalue weighted by Gasteiger charge is 2.06. The fourth-order valence-electron chi connectivity index (χ4n) is 3.05. The van der Waals surface area contributed by atoms with Crippen molar-refractivity contribution in [1.82, 2.24) is 0 Å². The average Bonchev–Trinajstić information content (AvgIpc) is 2.84. The average molecular weight is 494 g/mol. The molecule has 174 valence electrons. The summed E-state index contributed by atoms with van der Waals surface area (Å²) < 4.78 is 10.0. The van der Waals surface area contributed by atoms with Crippen molar-refractivity contribution in [2.75, 3.05) is 12.4 Å². The van der Waals surface area contributed by atoms with Crippen LogP contribution in [0.1, 0.15) is 18.1 Å². The minimum Gasteiger partial charge on any atom is -0.469 e. The Labute approximate surface area is 210 Å². The van der Waals surface area contributed by atoms with Gasteiger partial charge in [-0.25, -0.2) is 0 Å². The van der Waals surface area contributed by atoms with Crippen molar-refractivity contribution in [3.63, 3.8) is 0 Å². The van der Waals surface area contributed by atoms with Crippen LogP contribution in [0, 0.1) is 0 Å². The van der Waals surface area contributed by atoms with Crippen LogP contribution < -0.4 is 10.1 Å². The lowest BCUT2D eigenvalue weighted by atomic mass is 10.0. The van der Waals surface area contributed by atoms with Crippen molar-refractivity contribution >= 4 is 40.5 Å². The molecule has 0 aliphatic carbocycles. The fraction of sp³-hybridized carbons (Fsp3) is 0.107. The Morgan fingerprint density at radius 2 is 1.35 bits per heavy atom. The van der Waals surface area contributed by atoms with Crippen LogP contribution in [-0.4, -0.2) is 13.1 Å². The molecule has 1 N–H and O–H groups in total. The van der Waals surface area contributed by atoms with E-state index in [2.05, 4.69) is 34.3 Å². The van der Waals surface area contributed by atoms with Gasteiger partial charge in [-0.05, 0) is 66.1 Å². The van der Waals surface area contributed by atoms with E-state index in [1.54, 1.807) is 0 Å². The number of hydrogen-bond donors (Lipinski definition) is 1. The Kier molecular flexibility index (Phi) is 9.39. The zero-order valence-electron chi connectivity index (χ0n) is 18.9. The first kappa shape index (κ1) is 25.2. The van der Waals surface area contributed by atoms with Gasteiger partial charge in [0, 0.05) is 12.6 Å². The second-order valence-electron chi connectivity index (χ2n) is 7.35. The standard InChI is InChI=1S/C25H19Cl2NO.C3H6O2/c26-23-10-5-11-24(27)25(23)28-20-14-12-18(13-15-20)16-19-6-4-9-22(17-19)29-21-7-2-1-3-8-21;1-3(4)5-2/h1-15,17,28H,16H2;1-2H3. The third-order valence-corrected chi connectivity index (χ3v) is 5.39. The van der Waals surface area contributed by atoms with Gasteiger partial charge in [0.1, 0.15) is 11.5 Å². The smallest absolute Gasteiger partial charge is 0.302 e.